The number of nitrogens with zero attached hydrogens (tertiary/aromatic N) is 2. The van der Waals surface area contributed by atoms with E-state index in [-0.39, 0.29) is 5.82 Å². The summed E-state index contributed by atoms with van der Waals surface area (Å²) in [6.45, 7) is 11.4. The molecule has 156 valence electrons. The second kappa shape index (κ2) is 9.62. The second-order valence-corrected chi connectivity index (χ2v) is 8.94. The fraction of sp³-hybridized carbons (Fsp3) is 0.600. The largest absolute Gasteiger partial charge is 0.379 e. The second-order valence-electron chi connectivity index (χ2n) is 8.94. The van der Waals surface area contributed by atoms with Crippen molar-refractivity contribution in [2.75, 3.05) is 21.1 Å². The minimum Gasteiger partial charge on any atom is -0.379 e. The van der Waals surface area contributed by atoms with Gasteiger partial charge >= 0.3 is 0 Å². The summed E-state index contributed by atoms with van der Waals surface area (Å²) in [5, 5.41) is 0. The highest BCUT2D eigenvalue weighted by Crippen LogP contribution is 2.44. The van der Waals surface area contributed by atoms with Crippen molar-refractivity contribution in [1.82, 2.24) is 9.80 Å². The predicted molar refractivity (Wildman–Crippen MR) is 119 cm³/mol. The van der Waals surface area contributed by atoms with Gasteiger partial charge in [-0.2, -0.15) is 0 Å². The van der Waals surface area contributed by atoms with Crippen molar-refractivity contribution in [1.29, 1.82) is 0 Å². The van der Waals surface area contributed by atoms with Crippen molar-refractivity contribution in [3.05, 3.63) is 52.6 Å². The average molecular weight is 387 g/mol. The van der Waals surface area contributed by atoms with Crippen molar-refractivity contribution in [3.8, 4) is 0 Å². The first-order valence-electron chi connectivity index (χ1n) is 10.8. The van der Waals surface area contributed by atoms with Crippen molar-refractivity contribution < 1.29 is 4.39 Å². The molecule has 0 amide bonds. The van der Waals surface area contributed by atoms with Crippen molar-refractivity contribution in [2.24, 2.45) is 11.8 Å². The number of halogens is 1. The molecule has 0 saturated heterocycles. The molecule has 0 aromatic heterocycles. The van der Waals surface area contributed by atoms with Gasteiger partial charge in [-0.1, -0.05) is 59.6 Å². The van der Waals surface area contributed by atoms with Crippen LogP contribution < -0.4 is 0 Å². The molecule has 0 saturated carbocycles. The van der Waals surface area contributed by atoms with Crippen LogP contribution in [-0.2, 0) is 0 Å². The molecule has 1 heterocycles. The smallest absolute Gasteiger partial charge is 0.123 e. The summed E-state index contributed by atoms with van der Waals surface area (Å²) in [6, 6.07) is 7.40. The third-order valence-electron chi connectivity index (χ3n) is 5.77. The number of allylic oxidation sites excluding steroid dienone is 3. The maximum Gasteiger partial charge on any atom is 0.123 e. The standard InChI is InChI=1S/C25H39FN2/c1-9-10-11-12-21-22(19-13-15-20(26)16-14-19)25(27(6)7)24(18(4)5)28(8)23(21)17(2)3/h13-18,24H,9-12H2,1-8H3. The highest BCUT2D eigenvalue weighted by atomic mass is 19.1. The first kappa shape index (κ1) is 22.5. The first-order chi connectivity index (χ1) is 13.2. The van der Waals surface area contributed by atoms with E-state index in [0.717, 1.165) is 12.0 Å². The van der Waals surface area contributed by atoms with Crippen molar-refractivity contribution in [2.45, 2.75) is 66.3 Å². The van der Waals surface area contributed by atoms with Gasteiger partial charge in [0.05, 0.1) is 6.04 Å². The van der Waals surface area contributed by atoms with E-state index in [1.54, 1.807) is 12.1 Å². The fourth-order valence-electron chi connectivity index (χ4n) is 4.73. The minimum absolute atomic E-state index is 0.176. The molecule has 0 bridgehead atoms. The van der Waals surface area contributed by atoms with Crippen molar-refractivity contribution in [3.63, 3.8) is 0 Å². The lowest BCUT2D eigenvalue weighted by molar-refractivity contribution is 0.213. The zero-order chi connectivity index (χ0) is 21.0. The molecule has 0 aliphatic carbocycles. The lowest BCUT2D eigenvalue weighted by Crippen LogP contribution is -2.45. The Hall–Kier alpha value is -1.77. The van der Waals surface area contributed by atoms with Crippen LogP contribution in [0.5, 0.6) is 0 Å². The number of rotatable bonds is 8. The van der Waals surface area contributed by atoms with E-state index < -0.39 is 0 Å². The number of likely N-dealkylation sites (N-methyl/N-ethyl adjacent to an activating group) is 2. The van der Waals surface area contributed by atoms with Gasteiger partial charge in [0.15, 0.2) is 0 Å². The van der Waals surface area contributed by atoms with Crippen LogP contribution in [-0.4, -0.2) is 37.0 Å². The summed E-state index contributed by atoms with van der Waals surface area (Å²) in [6.07, 6.45) is 4.71. The molecule has 28 heavy (non-hydrogen) atoms. The van der Waals surface area contributed by atoms with E-state index in [1.165, 1.54) is 41.8 Å². The maximum absolute atomic E-state index is 13.7. The topological polar surface area (TPSA) is 6.48 Å². The third kappa shape index (κ3) is 4.61. The van der Waals surface area contributed by atoms with Gasteiger partial charge in [-0.25, -0.2) is 4.39 Å². The number of hydrogen-bond donors (Lipinski definition) is 0. The van der Waals surface area contributed by atoms with E-state index in [1.807, 2.05) is 12.1 Å². The zero-order valence-corrected chi connectivity index (χ0v) is 19.1. The quantitative estimate of drug-likeness (QED) is 0.467. The highest BCUT2D eigenvalue weighted by Gasteiger charge is 2.36. The van der Waals surface area contributed by atoms with E-state index in [4.69, 9.17) is 0 Å². The maximum atomic E-state index is 13.7. The summed E-state index contributed by atoms with van der Waals surface area (Å²) < 4.78 is 13.7. The van der Waals surface area contributed by atoms with Gasteiger partial charge in [-0.3, -0.25) is 0 Å². The van der Waals surface area contributed by atoms with E-state index in [2.05, 4.69) is 65.6 Å². The summed E-state index contributed by atoms with van der Waals surface area (Å²) in [7, 11) is 6.54. The Morgan fingerprint density at radius 3 is 2.11 bits per heavy atom. The molecule has 1 aliphatic rings. The number of hydrogen-bond acceptors (Lipinski definition) is 2. The molecule has 0 N–H and O–H groups in total. The molecular formula is C25H39FN2. The van der Waals surface area contributed by atoms with E-state index in [9.17, 15) is 4.39 Å². The van der Waals surface area contributed by atoms with Crippen LogP contribution in [0.3, 0.4) is 0 Å². The predicted octanol–water partition coefficient (Wildman–Crippen LogP) is 6.56. The minimum atomic E-state index is -0.176. The van der Waals surface area contributed by atoms with Crippen LogP contribution in [0.4, 0.5) is 4.39 Å². The summed E-state index contributed by atoms with van der Waals surface area (Å²) >= 11 is 0. The van der Waals surface area contributed by atoms with Crippen LogP contribution in [0.2, 0.25) is 0 Å². The summed E-state index contributed by atoms with van der Waals surface area (Å²) in [5.41, 5.74) is 6.69. The van der Waals surface area contributed by atoms with Gasteiger partial charge in [0, 0.05) is 38.1 Å². The van der Waals surface area contributed by atoms with Gasteiger partial charge in [0.2, 0.25) is 0 Å². The molecule has 1 atom stereocenters. The Kier molecular flexibility index (Phi) is 7.74. The molecule has 0 spiro atoms. The Morgan fingerprint density at radius 1 is 1.04 bits per heavy atom. The Bertz CT molecular complexity index is 711. The molecule has 0 radical (unpaired) electrons. The number of unbranched alkanes of at least 4 members (excludes halogenated alkanes) is 2. The third-order valence-corrected chi connectivity index (χ3v) is 5.77. The van der Waals surface area contributed by atoms with E-state index >= 15 is 0 Å². The van der Waals surface area contributed by atoms with Gasteiger partial charge in [-0.05, 0) is 47.9 Å². The Balaban J connectivity index is 2.79. The fourth-order valence-corrected chi connectivity index (χ4v) is 4.73. The highest BCUT2D eigenvalue weighted by molar-refractivity contribution is 5.84. The lowest BCUT2D eigenvalue weighted by Gasteiger charge is -2.46. The first-order valence-corrected chi connectivity index (χ1v) is 10.8. The summed E-state index contributed by atoms with van der Waals surface area (Å²) in [5.74, 6) is 0.746. The molecule has 1 aromatic rings. The molecule has 1 aliphatic heterocycles. The zero-order valence-electron chi connectivity index (χ0n) is 19.1. The van der Waals surface area contributed by atoms with Crippen LogP contribution in [0.15, 0.2) is 41.2 Å². The molecular weight excluding hydrogens is 347 g/mol. The van der Waals surface area contributed by atoms with Gasteiger partial charge in [-0.15, -0.1) is 0 Å². The van der Waals surface area contributed by atoms with Gasteiger partial charge in [0.1, 0.15) is 5.82 Å². The van der Waals surface area contributed by atoms with Crippen LogP contribution in [0.1, 0.15) is 65.9 Å². The molecule has 0 fully saturated rings. The Morgan fingerprint density at radius 2 is 1.64 bits per heavy atom. The normalized spacial score (nSPS) is 18.0. The molecule has 2 nitrogen and oxygen atoms in total. The van der Waals surface area contributed by atoms with Crippen molar-refractivity contribution >= 4 is 5.57 Å². The van der Waals surface area contributed by atoms with Crippen LogP contribution in [0.25, 0.3) is 5.57 Å². The van der Waals surface area contributed by atoms with Gasteiger partial charge in [0.25, 0.3) is 0 Å². The average Bonchev–Trinajstić information content (AvgIpc) is 2.61. The van der Waals surface area contributed by atoms with Crippen LogP contribution in [0, 0.1) is 17.7 Å². The monoisotopic (exact) mass is 386 g/mol. The molecule has 1 aromatic carbocycles. The van der Waals surface area contributed by atoms with E-state index in [0.29, 0.717) is 17.9 Å². The molecule has 1 unspecified atom stereocenters. The Labute approximate surface area is 172 Å². The van der Waals surface area contributed by atoms with Crippen LogP contribution >= 0.6 is 0 Å². The number of benzene rings is 1. The SMILES string of the molecule is CCCCCC1=C(C(C)C)N(C)C(C(C)C)C(N(C)C)=C1c1ccc(F)cc1. The molecule has 3 heteroatoms. The lowest BCUT2D eigenvalue weighted by atomic mass is 9.79. The molecule has 2 rings (SSSR count). The summed E-state index contributed by atoms with van der Waals surface area (Å²) in [4.78, 5) is 4.79. The van der Waals surface area contributed by atoms with Gasteiger partial charge < -0.3 is 9.80 Å².